The van der Waals surface area contributed by atoms with Gasteiger partial charge in [0.25, 0.3) is 0 Å². The Morgan fingerprint density at radius 1 is 1.43 bits per heavy atom. The van der Waals surface area contributed by atoms with Crippen molar-refractivity contribution in [2.24, 2.45) is 0 Å². The predicted molar refractivity (Wildman–Crippen MR) is 60.3 cm³/mol. The monoisotopic (exact) mass is 252 g/mol. The summed E-state index contributed by atoms with van der Waals surface area (Å²) in [7, 11) is 0. The van der Waals surface area contributed by atoms with Crippen LogP contribution in [0.25, 0.3) is 10.9 Å². The second-order valence-electron chi connectivity index (χ2n) is 3.04. The molecule has 0 radical (unpaired) electrons. The van der Waals surface area contributed by atoms with Gasteiger partial charge in [0.2, 0.25) is 5.91 Å². The van der Waals surface area contributed by atoms with E-state index in [1.54, 1.807) is 0 Å². The zero-order valence-electron chi connectivity index (χ0n) is 7.60. The molecule has 14 heavy (non-hydrogen) atoms. The van der Waals surface area contributed by atoms with Gasteiger partial charge in [0.1, 0.15) is 0 Å². The number of aromatic amines is 1. The lowest BCUT2D eigenvalue weighted by Crippen LogP contribution is -2.05. The van der Waals surface area contributed by atoms with Gasteiger partial charge in [0.05, 0.1) is 11.2 Å². The maximum Gasteiger partial charge on any atom is 0.221 e. The maximum absolute atomic E-state index is 10.9. The van der Waals surface area contributed by atoms with Crippen LogP contribution in [0.5, 0.6) is 0 Å². The zero-order chi connectivity index (χ0) is 10.1. The molecule has 1 heterocycles. The fraction of sp³-hybridized carbons (Fsp3) is 0.100. The normalized spacial score (nSPS) is 10.4. The maximum atomic E-state index is 10.9. The number of fused-ring (bicyclic) bond motifs is 1. The second kappa shape index (κ2) is 3.46. The molecule has 0 fully saturated rings. The van der Waals surface area contributed by atoms with Crippen molar-refractivity contribution >= 4 is 38.4 Å². The molecular formula is C10H9BrN2O. The average molecular weight is 253 g/mol. The van der Waals surface area contributed by atoms with E-state index in [-0.39, 0.29) is 5.91 Å². The van der Waals surface area contributed by atoms with Crippen LogP contribution in [-0.4, -0.2) is 10.9 Å². The molecule has 2 rings (SSSR count). The Hall–Kier alpha value is -1.29. The number of hydrogen-bond acceptors (Lipinski definition) is 1. The SMILES string of the molecule is CC(=O)Nc1ccc(Br)c2[nH]ccc12. The Kier molecular flexibility index (Phi) is 2.29. The predicted octanol–water partition coefficient (Wildman–Crippen LogP) is 2.89. The molecule has 1 amide bonds. The van der Waals surface area contributed by atoms with Crippen LogP contribution in [0.15, 0.2) is 28.9 Å². The third-order valence-corrected chi connectivity index (χ3v) is 2.64. The van der Waals surface area contributed by atoms with E-state index in [9.17, 15) is 4.79 Å². The van der Waals surface area contributed by atoms with Gasteiger partial charge in [-0.3, -0.25) is 4.79 Å². The third-order valence-electron chi connectivity index (χ3n) is 1.98. The lowest BCUT2D eigenvalue weighted by atomic mass is 10.2. The van der Waals surface area contributed by atoms with Gasteiger partial charge in [-0.2, -0.15) is 0 Å². The van der Waals surface area contributed by atoms with Gasteiger partial charge in [-0.1, -0.05) is 0 Å². The molecule has 2 aromatic rings. The number of carbonyl (C=O) groups excluding carboxylic acids is 1. The van der Waals surface area contributed by atoms with Crippen LogP contribution < -0.4 is 5.32 Å². The Morgan fingerprint density at radius 3 is 2.93 bits per heavy atom. The molecule has 0 aliphatic rings. The Labute approximate surface area is 89.6 Å². The highest BCUT2D eigenvalue weighted by Crippen LogP contribution is 2.28. The first-order chi connectivity index (χ1) is 6.68. The molecule has 0 atom stereocenters. The van der Waals surface area contributed by atoms with Gasteiger partial charge < -0.3 is 10.3 Å². The largest absolute Gasteiger partial charge is 0.360 e. The Morgan fingerprint density at radius 2 is 2.21 bits per heavy atom. The van der Waals surface area contributed by atoms with Crippen LogP contribution >= 0.6 is 15.9 Å². The minimum absolute atomic E-state index is 0.0603. The molecule has 0 saturated carbocycles. The summed E-state index contributed by atoms with van der Waals surface area (Å²) in [4.78, 5) is 14.0. The molecular weight excluding hydrogens is 244 g/mol. The van der Waals surface area contributed by atoms with E-state index in [0.29, 0.717) is 0 Å². The number of halogens is 1. The van der Waals surface area contributed by atoms with Gasteiger partial charge in [-0.25, -0.2) is 0 Å². The smallest absolute Gasteiger partial charge is 0.221 e. The van der Waals surface area contributed by atoms with Crippen LogP contribution in [-0.2, 0) is 4.79 Å². The van der Waals surface area contributed by atoms with Crippen LogP contribution in [0.3, 0.4) is 0 Å². The first kappa shape index (κ1) is 9.27. The van der Waals surface area contributed by atoms with Crippen molar-refractivity contribution in [1.29, 1.82) is 0 Å². The van der Waals surface area contributed by atoms with E-state index in [4.69, 9.17) is 0 Å². The molecule has 0 spiro atoms. The fourth-order valence-corrected chi connectivity index (χ4v) is 1.88. The van der Waals surface area contributed by atoms with E-state index in [0.717, 1.165) is 21.1 Å². The number of carbonyl (C=O) groups is 1. The summed E-state index contributed by atoms with van der Waals surface area (Å²) in [5.41, 5.74) is 1.83. The third kappa shape index (κ3) is 1.53. The first-order valence-electron chi connectivity index (χ1n) is 4.21. The van der Waals surface area contributed by atoms with Crippen LogP contribution in [0.2, 0.25) is 0 Å². The number of hydrogen-bond donors (Lipinski definition) is 2. The van der Waals surface area contributed by atoms with Gasteiger partial charge in [0.15, 0.2) is 0 Å². The summed E-state index contributed by atoms with van der Waals surface area (Å²) in [6, 6.07) is 5.72. The Balaban J connectivity index is 2.60. The highest BCUT2D eigenvalue weighted by atomic mass is 79.9. The van der Waals surface area contributed by atoms with Gasteiger partial charge in [-0.15, -0.1) is 0 Å². The Bertz CT molecular complexity index is 490. The number of nitrogens with one attached hydrogen (secondary N) is 2. The summed E-state index contributed by atoms with van der Waals surface area (Å²) in [6.07, 6.45) is 1.85. The quantitative estimate of drug-likeness (QED) is 0.806. The molecule has 0 aliphatic heterocycles. The molecule has 0 bridgehead atoms. The molecule has 1 aromatic heterocycles. The second-order valence-corrected chi connectivity index (χ2v) is 3.90. The summed E-state index contributed by atoms with van der Waals surface area (Å²) in [5, 5.41) is 3.79. The molecule has 0 unspecified atom stereocenters. The summed E-state index contributed by atoms with van der Waals surface area (Å²) < 4.78 is 0.992. The fourth-order valence-electron chi connectivity index (χ4n) is 1.42. The molecule has 72 valence electrons. The average Bonchev–Trinajstić information content (AvgIpc) is 2.58. The van der Waals surface area contributed by atoms with Crippen molar-refractivity contribution in [3.05, 3.63) is 28.9 Å². The highest BCUT2D eigenvalue weighted by molar-refractivity contribution is 9.10. The first-order valence-corrected chi connectivity index (χ1v) is 5.01. The van der Waals surface area contributed by atoms with E-state index < -0.39 is 0 Å². The van der Waals surface area contributed by atoms with E-state index in [1.807, 2.05) is 24.4 Å². The molecule has 3 nitrogen and oxygen atoms in total. The standard InChI is InChI=1S/C10H9BrN2O/c1-6(14)13-9-3-2-8(11)10-7(9)4-5-12-10/h2-5,12H,1H3,(H,13,14). The minimum atomic E-state index is -0.0603. The van der Waals surface area contributed by atoms with E-state index in [2.05, 4.69) is 26.2 Å². The summed E-state index contributed by atoms with van der Waals surface area (Å²) in [5.74, 6) is -0.0603. The molecule has 4 heteroatoms. The van der Waals surface area contributed by atoms with Gasteiger partial charge in [-0.05, 0) is 34.1 Å². The molecule has 0 aliphatic carbocycles. The minimum Gasteiger partial charge on any atom is -0.360 e. The number of aromatic nitrogens is 1. The summed E-state index contributed by atoms with van der Waals surface area (Å²) >= 11 is 3.43. The lowest BCUT2D eigenvalue weighted by molar-refractivity contribution is -0.114. The number of anilines is 1. The van der Waals surface area contributed by atoms with Crippen molar-refractivity contribution in [3.8, 4) is 0 Å². The van der Waals surface area contributed by atoms with E-state index in [1.165, 1.54) is 6.92 Å². The van der Waals surface area contributed by atoms with Gasteiger partial charge >= 0.3 is 0 Å². The van der Waals surface area contributed by atoms with Crippen LogP contribution in [0.4, 0.5) is 5.69 Å². The summed E-state index contributed by atoms with van der Waals surface area (Å²) in [6.45, 7) is 1.50. The van der Waals surface area contributed by atoms with Crippen molar-refractivity contribution in [3.63, 3.8) is 0 Å². The number of amides is 1. The number of rotatable bonds is 1. The van der Waals surface area contributed by atoms with Gasteiger partial charge in [0, 0.05) is 23.0 Å². The zero-order valence-corrected chi connectivity index (χ0v) is 9.18. The number of benzene rings is 1. The topological polar surface area (TPSA) is 44.9 Å². The van der Waals surface area contributed by atoms with Crippen molar-refractivity contribution in [2.45, 2.75) is 6.92 Å². The van der Waals surface area contributed by atoms with Crippen LogP contribution in [0.1, 0.15) is 6.92 Å². The molecule has 1 aromatic carbocycles. The van der Waals surface area contributed by atoms with Crippen LogP contribution in [0, 0.1) is 0 Å². The van der Waals surface area contributed by atoms with Crippen molar-refractivity contribution in [1.82, 2.24) is 4.98 Å². The molecule has 2 N–H and O–H groups in total. The lowest BCUT2D eigenvalue weighted by Gasteiger charge is -2.04. The van der Waals surface area contributed by atoms with E-state index >= 15 is 0 Å². The van der Waals surface area contributed by atoms with Crippen molar-refractivity contribution in [2.75, 3.05) is 5.32 Å². The van der Waals surface area contributed by atoms with Crippen molar-refractivity contribution < 1.29 is 4.79 Å². The number of H-pyrrole nitrogens is 1. The molecule has 0 saturated heterocycles. The highest BCUT2D eigenvalue weighted by Gasteiger charge is 2.05.